The first-order chi connectivity index (χ1) is 7.83. The molecule has 86 valence electrons. The summed E-state index contributed by atoms with van der Waals surface area (Å²) in [5.74, 6) is 0.900. The SMILES string of the molecule is C=CCCNC1CCSc2c(F)cccc21. The van der Waals surface area contributed by atoms with Gasteiger partial charge in [0, 0.05) is 10.9 Å². The van der Waals surface area contributed by atoms with Crippen LogP contribution in [0.2, 0.25) is 0 Å². The summed E-state index contributed by atoms with van der Waals surface area (Å²) in [4.78, 5) is 0.824. The van der Waals surface area contributed by atoms with Crippen molar-refractivity contribution < 1.29 is 4.39 Å². The highest BCUT2D eigenvalue weighted by Crippen LogP contribution is 2.37. The minimum atomic E-state index is -0.0854. The van der Waals surface area contributed by atoms with Crippen molar-refractivity contribution in [2.24, 2.45) is 0 Å². The molecule has 0 saturated carbocycles. The van der Waals surface area contributed by atoms with Crippen LogP contribution in [-0.2, 0) is 0 Å². The van der Waals surface area contributed by atoms with E-state index in [1.54, 1.807) is 17.8 Å². The van der Waals surface area contributed by atoms with Gasteiger partial charge in [0.15, 0.2) is 0 Å². The number of halogens is 1. The summed E-state index contributed by atoms with van der Waals surface area (Å²) in [5.41, 5.74) is 1.11. The molecule has 0 aromatic heterocycles. The van der Waals surface area contributed by atoms with Gasteiger partial charge in [0.2, 0.25) is 0 Å². The number of hydrogen-bond acceptors (Lipinski definition) is 2. The summed E-state index contributed by atoms with van der Waals surface area (Å²) in [6.45, 7) is 4.61. The van der Waals surface area contributed by atoms with E-state index in [0.29, 0.717) is 6.04 Å². The molecule has 0 radical (unpaired) electrons. The van der Waals surface area contributed by atoms with Gasteiger partial charge in [-0.2, -0.15) is 0 Å². The predicted molar refractivity (Wildman–Crippen MR) is 67.3 cm³/mol. The van der Waals surface area contributed by atoms with Crippen LogP contribution in [0.4, 0.5) is 4.39 Å². The quantitative estimate of drug-likeness (QED) is 0.635. The summed E-state index contributed by atoms with van der Waals surface area (Å²) in [5, 5.41) is 3.45. The minimum absolute atomic E-state index is 0.0854. The lowest BCUT2D eigenvalue weighted by atomic mass is 10.0. The molecule has 1 aliphatic rings. The smallest absolute Gasteiger partial charge is 0.137 e. The maximum absolute atomic E-state index is 13.6. The summed E-state index contributed by atoms with van der Waals surface area (Å²) in [7, 11) is 0. The van der Waals surface area contributed by atoms with Crippen LogP contribution in [0.1, 0.15) is 24.4 Å². The van der Waals surface area contributed by atoms with Gasteiger partial charge in [-0.05, 0) is 36.8 Å². The molecule has 1 heterocycles. The lowest BCUT2D eigenvalue weighted by Crippen LogP contribution is -2.25. The van der Waals surface area contributed by atoms with Gasteiger partial charge in [0.05, 0.1) is 0 Å². The third-order valence-electron chi connectivity index (χ3n) is 2.76. The van der Waals surface area contributed by atoms with Gasteiger partial charge in [0.1, 0.15) is 5.82 Å². The summed E-state index contributed by atoms with van der Waals surface area (Å²) in [6.07, 6.45) is 3.92. The van der Waals surface area contributed by atoms with Crippen molar-refractivity contribution in [3.05, 3.63) is 42.2 Å². The largest absolute Gasteiger partial charge is 0.310 e. The van der Waals surface area contributed by atoms with Crippen LogP contribution in [0.25, 0.3) is 0 Å². The molecule has 1 aromatic rings. The van der Waals surface area contributed by atoms with Crippen LogP contribution in [0.15, 0.2) is 35.7 Å². The van der Waals surface area contributed by atoms with E-state index in [-0.39, 0.29) is 5.82 Å². The van der Waals surface area contributed by atoms with Crippen molar-refractivity contribution in [3.8, 4) is 0 Å². The zero-order valence-electron chi connectivity index (χ0n) is 9.21. The van der Waals surface area contributed by atoms with E-state index in [9.17, 15) is 4.39 Å². The molecule has 1 nitrogen and oxygen atoms in total. The molecule has 0 spiro atoms. The van der Waals surface area contributed by atoms with E-state index in [4.69, 9.17) is 0 Å². The van der Waals surface area contributed by atoms with Gasteiger partial charge >= 0.3 is 0 Å². The van der Waals surface area contributed by atoms with Crippen LogP contribution >= 0.6 is 11.8 Å². The van der Waals surface area contributed by atoms with Gasteiger partial charge in [-0.3, -0.25) is 0 Å². The molecule has 1 aromatic carbocycles. The predicted octanol–water partition coefficient (Wildman–Crippen LogP) is 3.53. The number of hydrogen-bond donors (Lipinski definition) is 1. The Morgan fingerprint density at radius 2 is 2.44 bits per heavy atom. The lowest BCUT2D eigenvalue weighted by molar-refractivity contribution is 0.502. The molecule has 3 heteroatoms. The topological polar surface area (TPSA) is 12.0 Å². The molecular weight excluding hydrogens is 221 g/mol. The molecule has 0 saturated heterocycles. The Hall–Kier alpha value is -0.800. The van der Waals surface area contributed by atoms with E-state index < -0.39 is 0 Å². The van der Waals surface area contributed by atoms with Crippen molar-refractivity contribution in [2.75, 3.05) is 12.3 Å². The first kappa shape index (κ1) is 11.7. The monoisotopic (exact) mass is 237 g/mol. The van der Waals surface area contributed by atoms with Gasteiger partial charge < -0.3 is 5.32 Å². The van der Waals surface area contributed by atoms with Crippen LogP contribution in [0.5, 0.6) is 0 Å². The van der Waals surface area contributed by atoms with E-state index in [2.05, 4.69) is 11.9 Å². The number of thioether (sulfide) groups is 1. The number of benzene rings is 1. The third kappa shape index (κ3) is 2.47. The highest BCUT2D eigenvalue weighted by Gasteiger charge is 2.22. The van der Waals surface area contributed by atoms with E-state index in [0.717, 1.165) is 35.6 Å². The number of rotatable bonds is 4. The molecule has 1 N–H and O–H groups in total. The minimum Gasteiger partial charge on any atom is -0.310 e. The van der Waals surface area contributed by atoms with Crippen molar-refractivity contribution >= 4 is 11.8 Å². The lowest BCUT2D eigenvalue weighted by Gasteiger charge is -2.26. The second-order valence-electron chi connectivity index (χ2n) is 3.88. The first-order valence-corrected chi connectivity index (χ1v) is 6.57. The standard InChI is InChI=1S/C13H16FNS/c1-2-3-8-15-12-7-9-16-13-10(12)5-4-6-11(13)14/h2,4-6,12,15H,1,3,7-9H2. The highest BCUT2D eigenvalue weighted by atomic mass is 32.2. The fraction of sp³-hybridized carbons (Fsp3) is 0.385. The van der Waals surface area contributed by atoms with Gasteiger partial charge in [0.25, 0.3) is 0 Å². The maximum Gasteiger partial charge on any atom is 0.137 e. The van der Waals surface area contributed by atoms with Crippen molar-refractivity contribution in [2.45, 2.75) is 23.8 Å². The Morgan fingerprint density at radius 1 is 1.56 bits per heavy atom. The van der Waals surface area contributed by atoms with E-state index in [1.165, 1.54) is 6.07 Å². The van der Waals surface area contributed by atoms with Crippen molar-refractivity contribution in [1.29, 1.82) is 0 Å². The zero-order valence-corrected chi connectivity index (χ0v) is 10.0. The molecule has 2 rings (SSSR count). The second kappa shape index (κ2) is 5.51. The highest BCUT2D eigenvalue weighted by molar-refractivity contribution is 7.99. The Balaban J connectivity index is 2.13. The maximum atomic E-state index is 13.6. The molecule has 0 amide bonds. The van der Waals surface area contributed by atoms with E-state index in [1.807, 2.05) is 12.1 Å². The van der Waals surface area contributed by atoms with E-state index >= 15 is 0 Å². The number of fused-ring (bicyclic) bond motifs is 1. The Bertz CT molecular complexity index is 378. The Kier molecular flexibility index (Phi) is 4.02. The molecule has 0 aliphatic carbocycles. The molecule has 1 aliphatic heterocycles. The van der Waals surface area contributed by atoms with Crippen LogP contribution in [-0.4, -0.2) is 12.3 Å². The summed E-state index contributed by atoms with van der Waals surface area (Å²) < 4.78 is 13.6. The summed E-state index contributed by atoms with van der Waals surface area (Å²) in [6, 6.07) is 5.66. The van der Waals surface area contributed by atoms with Crippen LogP contribution in [0, 0.1) is 5.82 Å². The molecular formula is C13H16FNS. The van der Waals surface area contributed by atoms with Gasteiger partial charge in [-0.15, -0.1) is 18.3 Å². The third-order valence-corrected chi connectivity index (χ3v) is 3.92. The molecule has 1 unspecified atom stereocenters. The van der Waals surface area contributed by atoms with Crippen molar-refractivity contribution in [1.82, 2.24) is 5.32 Å². The first-order valence-electron chi connectivity index (χ1n) is 5.58. The number of nitrogens with one attached hydrogen (secondary N) is 1. The molecule has 16 heavy (non-hydrogen) atoms. The molecule has 1 atom stereocenters. The Labute approximate surface area is 100 Å². The van der Waals surface area contributed by atoms with Gasteiger partial charge in [-0.1, -0.05) is 18.2 Å². The summed E-state index contributed by atoms with van der Waals surface area (Å²) >= 11 is 1.62. The fourth-order valence-electron chi connectivity index (χ4n) is 1.96. The second-order valence-corrected chi connectivity index (χ2v) is 4.98. The molecule has 0 fully saturated rings. The van der Waals surface area contributed by atoms with Gasteiger partial charge in [-0.25, -0.2) is 4.39 Å². The normalized spacial score (nSPS) is 19.2. The molecule has 0 bridgehead atoms. The Morgan fingerprint density at radius 3 is 3.25 bits per heavy atom. The van der Waals surface area contributed by atoms with Crippen LogP contribution < -0.4 is 5.32 Å². The fourth-order valence-corrected chi connectivity index (χ4v) is 3.10. The average molecular weight is 237 g/mol. The van der Waals surface area contributed by atoms with Crippen molar-refractivity contribution in [3.63, 3.8) is 0 Å². The zero-order chi connectivity index (χ0) is 11.4. The van der Waals surface area contributed by atoms with Crippen LogP contribution in [0.3, 0.4) is 0 Å². The average Bonchev–Trinajstić information content (AvgIpc) is 2.31.